The van der Waals surface area contributed by atoms with E-state index >= 15 is 0 Å². The highest BCUT2D eigenvalue weighted by Crippen LogP contribution is 2.12. The molecule has 0 radical (unpaired) electrons. The maximum Gasteiger partial charge on any atom is 0.214 e. The Morgan fingerprint density at radius 2 is 2.00 bits per heavy atom. The second-order valence-corrected chi connectivity index (χ2v) is 4.72. The largest absolute Gasteiger partial charge is 0.368 e. The molecule has 90 valence electrons. The van der Waals surface area contributed by atoms with Gasteiger partial charge in [-0.3, -0.25) is 0 Å². The van der Waals surface area contributed by atoms with Gasteiger partial charge in [0.1, 0.15) is 5.82 Å². The standard InChI is InChI=1S/C13H21FN2/c1-10(2)6-4-7-11(3)15-13-9-5-8-12(14)16-13/h5,8-11H,4,6-7H2,1-3H3,(H,15,16). The van der Waals surface area contributed by atoms with Gasteiger partial charge in [0.15, 0.2) is 0 Å². The predicted octanol–water partition coefficient (Wildman–Crippen LogP) is 3.85. The van der Waals surface area contributed by atoms with Crippen molar-refractivity contribution in [3.8, 4) is 0 Å². The van der Waals surface area contributed by atoms with E-state index in [4.69, 9.17) is 0 Å². The monoisotopic (exact) mass is 224 g/mol. The molecule has 0 amide bonds. The van der Waals surface area contributed by atoms with E-state index in [2.05, 4.69) is 31.1 Å². The second kappa shape index (κ2) is 6.46. The topological polar surface area (TPSA) is 24.9 Å². The lowest BCUT2D eigenvalue weighted by Crippen LogP contribution is -2.16. The number of halogens is 1. The summed E-state index contributed by atoms with van der Waals surface area (Å²) >= 11 is 0. The summed E-state index contributed by atoms with van der Waals surface area (Å²) in [7, 11) is 0. The Hall–Kier alpha value is -1.12. The van der Waals surface area contributed by atoms with Crippen molar-refractivity contribution in [2.24, 2.45) is 5.92 Å². The van der Waals surface area contributed by atoms with Crippen molar-refractivity contribution in [3.05, 3.63) is 24.1 Å². The predicted molar refractivity (Wildman–Crippen MR) is 66.0 cm³/mol. The summed E-state index contributed by atoms with van der Waals surface area (Å²) in [5.41, 5.74) is 0. The van der Waals surface area contributed by atoms with Crippen molar-refractivity contribution in [2.45, 2.75) is 46.1 Å². The zero-order chi connectivity index (χ0) is 12.0. The van der Waals surface area contributed by atoms with Crippen LogP contribution in [0.4, 0.5) is 10.2 Å². The van der Waals surface area contributed by atoms with Crippen molar-refractivity contribution in [3.63, 3.8) is 0 Å². The minimum absolute atomic E-state index is 0.341. The minimum Gasteiger partial charge on any atom is -0.368 e. The van der Waals surface area contributed by atoms with Crippen LogP contribution in [0.5, 0.6) is 0 Å². The van der Waals surface area contributed by atoms with Crippen molar-refractivity contribution >= 4 is 5.82 Å². The van der Waals surface area contributed by atoms with Crippen LogP contribution in [0.25, 0.3) is 0 Å². The number of anilines is 1. The molecule has 0 bridgehead atoms. The number of nitrogens with zero attached hydrogens (tertiary/aromatic N) is 1. The second-order valence-electron chi connectivity index (χ2n) is 4.72. The van der Waals surface area contributed by atoms with Gasteiger partial charge in [-0.25, -0.2) is 4.98 Å². The summed E-state index contributed by atoms with van der Waals surface area (Å²) < 4.78 is 12.8. The van der Waals surface area contributed by atoms with Crippen molar-refractivity contribution < 1.29 is 4.39 Å². The first kappa shape index (κ1) is 12.9. The summed E-state index contributed by atoms with van der Waals surface area (Å²) in [6.07, 6.45) is 3.53. The third-order valence-electron chi connectivity index (χ3n) is 2.53. The summed E-state index contributed by atoms with van der Waals surface area (Å²) in [6, 6.07) is 5.16. The number of aromatic nitrogens is 1. The maximum absolute atomic E-state index is 12.8. The number of pyridine rings is 1. The fourth-order valence-electron chi connectivity index (χ4n) is 1.65. The van der Waals surface area contributed by atoms with E-state index in [9.17, 15) is 4.39 Å². The van der Waals surface area contributed by atoms with Gasteiger partial charge in [0.05, 0.1) is 0 Å². The normalized spacial score (nSPS) is 12.8. The summed E-state index contributed by atoms with van der Waals surface area (Å²) in [5.74, 6) is 0.941. The molecular formula is C13H21FN2. The Morgan fingerprint density at radius 3 is 2.62 bits per heavy atom. The molecule has 1 N–H and O–H groups in total. The fourth-order valence-corrected chi connectivity index (χ4v) is 1.65. The van der Waals surface area contributed by atoms with Crippen LogP contribution in [0.2, 0.25) is 0 Å². The van der Waals surface area contributed by atoms with E-state index in [1.807, 2.05) is 0 Å². The fraction of sp³-hybridized carbons (Fsp3) is 0.615. The van der Waals surface area contributed by atoms with E-state index in [0.29, 0.717) is 11.9 Å². The summed E-state index contributed by atoms with van der Waals surface area (Å²) in [5, 5.41) is 3.21. The number of nitrogens with one attached hydrogen (secondary N) is 1. The van der Waals surface area contributed by atoms with E-state index in [1.165, 1.54) is 18.9 Å². The third kappa shape index (κ3) is 5.10. The molecule has 3 heteroatoms. The molecule has 0 aliphatic carbocycles. The third-order valence-corrected chi connectivity index (χ3v) is 2.53. The van der Waals surface area contributed by atoms with Crippen LogP contribution in [-0.4, -0.2) is 11.0 Å². The first-order valence-electron chi connectivity index (χ1n) is 5.97. The molecule has 2 nitrogen and oxygen atoms in total. The molecule has 16 heavy (non-hydrogen) atoms. The van der Waals surface area contributed by atoms with Crippen LogP contribution in [0.1, 0.15) is 40.0 Å². The molecule has 1 heterocycles. The minimum atomic E-state index is -0.431. The molecule has 1 atom stereocenters. The average Bonchev–Trinajstić information content (AvgIpc) is 2.16. The van der Waals surface area contributed by atoms with Gasteiger partial charge in [-0.15, -0.1) is 0 Å². The lowest BCUT2D eigenvalue weighted by molar-refractivity contribution is 0.519. The van der Waals surface area contributed by atoms with Gasteiger partial charge in [-0.1, -0.05) is 32.8 Å². The van der Waals surface area contributed by atoms with Crippen LogP contribution >= 0.6 is 0 Å². The van der Waals surface area contributed by atoms with Crippen molar-refractivity contribution in [1.82, 2.24) is 4.98 Å². The van der Waals surface area contributed by atoms with Gasteiger partial charge in [0.25, 0.3) is 0 Å². The van der Waals surface area contributed by atoms with Crippen molar-refractivity contribution in [2.75, 3.05) is 5.32 Å². The van der Waals surface area contributed by atoms with Gasteiger partial charge < -0.3 is 5.32 Å². The van der Waals surface area contributed by atoms with E-state index < -0.39 is 5.95 Å². The van der Waals surface area contributed by atoms with Crippen LogP contribution in [0.15, 0.2) is 18.2 Å². The van der Waals surface area contributed by atoms with Crippen LogP contribution < -0.4 is 5.32 Å². The Morgan fingerprint density at radius 1 is 1.25 bits per heavy atom. The molecule has 1 aromatic rings. The molecule has 1 unspecified atom stereocenters. The first-order chi connectivity index (χ1) is 7.58. The van der Waals surface area contributed by atoms with Crippen LogP contribution in [0, 0.1) is 11.9 Å². The van der Waals surface area contributed by atoms with Crippen LogP contribution in [0.3, 0.4) is 0 Å². The molecule has 1 aromatic heterocycles. The molecule has 0 saturated carbocycles. The highest BCUT2D eigenvalue weighted by atomic mass is 19.1. The average molecular weight is 224 g/mol. The van der Waals surface area contributed by atoms with Gasteiger partial charge >= 0.3 is 0 Å². The quantitative estimate of drug-likeness (QED) is 0.742. The van der Waals surface area contributed by atoms with Gasteiger partial charge in [-0.05, 0) is 31.4 Å². The Balaban J connectivity index is 2.31. The Bertz CT molecular complexity index is 313. The highest BCUT2D eigenvalue weighted by Gasteiger charge is 2.04. The lowest BCUT2D eigenvalue weighted by atomic mass is 10.0. The van der Waals surface area contributed by atoms with Crippen LogP contribution in [-0.2, 0) is 0 Å². The number of rotatable bonds is 6. The van der Waals surface area contributed by atoms with Gasteiger partial charge in [-0.2, -0.15) is 4.39 Å². The summed E-state index contributed by atoms with van der Waals surface area (Å²) in [4.78, 5) is 3.78. The number of hydrogen-bond acceptors (Lipinski definition) is 2. The zero-order valence-corrected chi connectivity index (χ0v) is 10.3. The molecule has 0 spiro atoms. The molecule has 0 aliphatic rings. The van der Waals surface area contributed by atoms with Crippen molar-refractivity contribution in [1.29, 1.82) is 0 Å². The Kier molecular flexibility index (Phi) is 5.23. The Labute approximate surface area is 97.3 Å². The molecule has 0 aliphatic heterocycles. The van der Waals surface area contributed by atoms with Gasteiger partial charge in [0, 0.05) is 6.04 Å². The zero-order valence-electron chi connectivity index (χ0n) is 10.3. The molecule has 0 saturated heterocycles. The highest BCUT2D eigenvalue weighted by molar-refractivity contribution is 5.34. The SMILES string of the molecule is CC(C)CCCC(C)Nc1cccc(F)n1. The smallest absolute Gasteiger partial charge is 0.214 e. The summed E-state index contributed by atoms with van der Waals surface area (Å²) in [6.45, 7) is 6.56. The molecule has 0 fully saturated rings. The molecule has 1 rings (SSSR count). The van der Waals surface area contributed by atoms with E-state index in [1.54, 1.807) is 12.1 Å². The molecular weight excluding hydrogens is 203 g/mol. The van der Waals surface area contributed by atoms with Gasteiger partial charge in [0.2, 0.25) is 5.95 Å². The maximum atomic E-state index is 12.8. The molecule has 0 aromatic carbocycles. The lowest BCUT2D eigenvalue weighted by Gasteiger charge is -2.14. The van der Waals surface area contributed by atoms with E-state index in [0.717, 1.165) is 12.3 Å². The number of hydrogen-bond donors (Lipinski definition) is 1. The van der Waals surface area contributed by atoms with E-state index in [-0.39, 0.29) is 0 Å². The first-order valence-corrected chi connectivity index (χ1v) is 5.97.